The molecular weight excluding hydrogens is 388 g/mol. The standard InChI is InChI=1S/C21H28N4O3S/c1-6-15-7-9-16(10-8-15)20(23(2)3)14-22-29(27,28)17-11-12-18-19(13-17)25(5)21(26)24(18)4/h7-13,20,22H,6,14H2,1-5H3/t20-/m0/s1. The summed E-state index contributed by atoms with van der Waals surface area (Å²) in [6.45, 7) is 2.35. The van der Waals surface area contributed by atoms with Crippen LogP contribution in [-0.2, 0) is 30.5 Å². The summed E-state index contributed by atoms with van der Waals surface area (Å²) in [4.78, 5) is 14.2. The molecule has 1 N–H and O–H groups in total. The maximum Gasteiger partial charge on any atom is 0.328 e. The Labute approximate surface area is 171 Å². The van der Waals surface area contributed by atoms with Crippen molar-refractivity contribution in [2.45, 2.75) is 24.3 Å². The van der Waals surface area contributed by atoms with Crippen LogP contribution in [0.5, 0.6) is 0 Å². The Hall–Kier alpha value is -2.42. The van der Waals surface area contributed by atoms with Gasteiger partial charge in [-0.25, -0.2) is 17.9 Å². The van der Waals surface area contributed by atoms with Crippen molar-refractivity contribution in [1.29, 1.82) is 0 Å². The molecule has 8 heteroatoms. The van der Waals surface area contributed by atoms with E-state index in [0.717, 1.165) is 12.0 Å². The van der Waals surface area contributed by atoms with E-state index in [0.29, 0.717) is 11.0 Å². The lowest BCUT2D eigenvalue weighted by atomic mass is 10.0. The number of nitrogens with zero attached hydrogens (tertiary/aromatic N) is 3. The monoisotopic (exact) mass is 416 g/mol. The number of rotatable bonds is 7. The van der Waals surface area contributed by atoms with E-state index < -0.39 is 10.0 Å². The summed E-state index contributed by atoms with van der Waals surface area (Å²) in [6, 6.07) is 12.9. The van der Waals surface area contributed by atoms with Gasteiger partial charge in [-0.05, 0) is 49.8 Å². The third-order valence-electron chi connectivity index (χ3n) is 5.42. The molecule has 29 heavy (non-hydrogen) atoms. The molecule has 3 rings (SSSR count). The van der Waals surface area contributed by atoms with Gasteiger partial charge in [0.1, 0.15) is 0 Å². The normalized spacial score (nSPS) is 13.3. The lowest BCUT2D eigenvalue weighted by molar-refractivity contribution is 0.299. The first-order valence-electron chi connectivity index (χ1n) is 9.56. The van der Waals surface area contributed by atoms with Gasteiger partial charge in [0.25, 0.3) is 0 Å². The fourth-order valence-electron chi connectivity index (χ4n) is 3.50. The summed E-state index contributed by atoms with van der Waals surface area (Å²) in [5, 5.41) is 0. The minimum absolute atomic E-state index is 0.0968. The average Bonchev–Trinajstić information content (AvgIpc) is 2.92. The molecule has 0 aliphatic heterocycles. The molecule has 1 atom stereocenters. The van der Waals surface area contributed by atoms with E-state index >= 15 is 0 Å². The largest absolute Gasteiger partial charge is 0.328 e. The van der Waals surface area contributed by atoms with E-state index in [2.05, 4.69) is 23.8 Å². The van der Waals surface area contributed by atoms with Crippen molar-refractivity contribution in [1.82, 2.24) is 18.8 Å². The smallest absolute Gasteiger partial charge is 0.301 e. The predicted molar refractivity (Wildman–Crippen MR) is 116 cm³/mol. The van der Waals surface area contributed by atoms with E-state index in [-0.39, 0.29) is 23.2 Å². The highest BCUT2D eigenvalue weighted by Gasteiger charge is 2.21. The lowest BCUT2D eigenvalue weighted by Gasteiger charge is -2.25. The maximum atomic E-state index is 12.9. The van der Waals surface area contributed by atoms with Crippen LogP contribution >= 0.6 is 0 Å². The summed E-state index contributed by atoms with van der Waals surface area (Å²) in [5.41, 5.74) is 3.38. The van der Waals surface area contributed by atoms with Gasteiger partial charge in [0.15, 0.2) is 0 Å². The Kier molecular flexibility index (Phi) is 5.97. The van der Waals surface area contributed by atoms with Crippen molar-refractivity contribution in [2.24, 2.45) is 14.1 Å². The van der Waals surface area contributed by atoms with Gasteiger partial charge < -0.3 is 4.90 Å². The Morgan fingerprint density at radius 3 is 2.21 bits per heavy atom. The fraction of sp³-hybridized carbons (Fsp3) is 0.381. The molecule has 1 aromatic heterocycles. The first-order chi connectivity index (χ1) is 13.7. The Morgan fingerprint density at radius 1 is 1.00 bits per heavy atom. The van der Waals surface area contributed by atoms with Gasteiger partial charge >= 0.3 is 5.69 Å². The van der Waals surface area contributed by atoms with Crippen molar-refractivity contribution in [2.75, 3.05) is 20.6 Å². The van der Waals surface area contributed by atoms with Crippen molar-refractivity contribution in [3.8, 4) is 0 Å². The van der Waals surface area contributed by atoms with Gasteiger partial charge in [0, 0.05) is 26.7 Å². The van der Waals surface area contributed by atoms with Crippen LogP contribution in [0.1, 0.15) is 24.1 Å². The number of hydrogen-bond donors (Lipinski definition) is 1. The van der Waals surface area contributed by atoms with Crippen LogP contribution in [-0.4, -0.2) is 43.1 Å². The molecule has 0 saturated carbocycles. The molecule has 0 saturated heterocycles. The van der Waals surface area contributed by atoms with Gasteiger partial charge in [-0.2, -0.15) is 0 Å². The summed E-state index contributed by atoms with van der Waals surface area (Å²) in [6.07, 6.45) is 0.962. The molecule has 3 aromatic rings. The third kappa shape index (κ3) is 4.14. The summed E-state index contributed by atoms with van der Waals surface area (Å²) in [7, 11) is 3.44. The molecule has 0 spiro atoms. The second kappa shape index (κ2) is 8.14. The first-order valence-corrected chi connectivity index (χ1v) is 11.0. The van der Waals surface area contributed by atoms with Crippen molar-refractivity contribution in [3.63, 3.8) is 0 Å². The van der Waals surface area contributed by atoms with Gasteiger partial charge in [-0.3, -0.25) is 9.13 Å². The number of benzene rings is 2. The summed E-state index contributed by atoms with van der Waals surface area (Å²) < 4.78 is 31.5. The second-order valence-corrected chi connectivity index (χ2v) is 9.24. The van der Waals surface area contributed by atoms with Gasteiger partial charge in [-0.15, -0.1) is 0 Å². The average molecular weight is 417 g/mol. The van der Waals surface area contributed by atoms with Crippen molar-refractivity contribution >= 4 is 21.1 Å². The molecule has 0 bridgehead atoms. The molecule has 0 radical (unpaired) electrons. The van der Waals surface area contributed by atoms with Crippen molar-refractivity contribution in [3.05, 3.63) is 64.1 Å². The number of hydrogen-bond acceptors (Lipinski definition) is 4. The first kappa shape index (κ1) is 21.3. The second-order valence-electron chi connectivity index (χ2n) is 7.48. The quantitative estimate of drug-likeness (QED) is 0.639. The number of aryl methyl sites for hydroxylation is 3. The van der Waals surface area contributed by atoms with Gasteiger partial charge in [-0.1, -0.05) is 31.2 Å². The molecule has 7 nitrogen and oxygen atoms in total. The minimum Gasteiger partial charge on any atom is -0.301 e. The molecule has 0 unspecified atom stereocenters. The minimum atomic E-state index is -3.72. The highest BCUT2D eigenvalue weighted by Crippen LogP contribution is 2.21. The number of sulfonamides is 1. The number of imidazole rings is 1. The zero-order valence-corrected chi connectivity index (χ0v) is 18.3. The molecule has 0 fully saturated rings. The lowest BCUT2D eigenvalue weighted by Crippen LogP contribution is -2.34. The van der Waals surface area contributed by atoms with Crippen LogP contribution in [0.25, 0.3) is 11.0 Å². The molecule has 2 aromatic carbocycles. The van der Waals surface area contributed by atoms with E-state index in [1.165, 1.54) is 20.8 Å². The molecule has 0 aliphatic carbocycles. The number of aromatic nitrogens is 2. The number of nitrogens with one attached hydrogen (secondary N) is 1. The zero-order valence-electron chi connectivity index (χ0n) is 17.5. The van der Waals surface area contributed by atoms with E-state index in [1.54, 1.807) is 26.2 Å². The highest BCUT2D eigenvalue weighted by atomic mass is 32.2. The number of fused-ring (bicyclic) bond motifs is 1. The van der Waals surface area contributed by atoms with Crippen LogP contribution in [0.4, 0.5) is 0 Å². The summed E-state index contributed by atoms with van der Waals surface area (Å²) >= 11 is 0. The van der Waals surface area contributed by atoms with Crippen LogP contribution in [0, 0.1) is 0 Å². The van der Waals surface area contributed by atoms with Crippen LogP contribution in [0.2, 0.25) is 0 Å². The van der Waals surface area contributed by atoms with Gasteiger partial charge in [0.2, 0.25) is 10.0 Å². The SMILES string of the molecule is CCc1ccc([C@H](CNS(=O)(=O)c2ccc3c(c2)n(C)c(=O)n3C)N(C)C)cc1. The Morgan fingerprint density at radius 2 is 1.62 bits per heavy atom. The van der Waals surface area contributed by atoms with Gasteiger partial charge in [0.05, 0.1) is 15.9 Å². The van der Waals surface area contributed by atoms with E-state index in [1.807, 2.05) is 31.1 Å². The third-order valence-corrected chi connectivity index (χ3v) is 6.84. The molecule has 0 aliphatic rings. The summed E-state index contributed by atoms with van der Waals surface area (Å²) in [5.74, 6) is 0. The van der Waals surface area contributed by atoms with E-state index in [9.17, 15) is 13.2 Å². The van der Waals surface area contributed by atoms with Crippen LogP contribution < -0.4 is 10.4 Å². The van der Waals surface area contributed by atoms with Crippen LogP contribution in [0.3, 0.4) is 0 Å². The number of likely N-dealkylation sites (N-methyl/N-ethyl adjacent to an activating group) is 1. The van der Waals surface area contributed by atoms with Crippen molar-refractivity contribution < 1.29 is 8.42 Å². The fourth-order valence-corrected chi connectivity index (χ4v) is 4.56. The molecule has 156 valence electrons. The predicted octanol–water partition coefficient (Wildman–Crippen LogP) is 2.02. The molecule has 1 heterocycles. The highest BCUT2D eigenvalue weighted by molar-refractivity contribution is 7.89. The zero-order chi connectivity index (χ0) is 21.3. The maximum absolute atomic E-state index is 12.9. The Balaban J connectivity index is 1.86. The van der Waals surface area contributed by atoms with E-state index in [4.69, 9.17) is 0 Å². The van der Waals surface area contributed by atoms with Crippen LogP contribution in [0.15, 0.2) is 52.2 Å². The Bertz CT molecular complexity index is 1180. The molecular formula is C21H28N4O3S. The molecule has 0 amide bonds. The topological polar surface area (TPSA) is 76.3 Å².